The van der Waals surface area contributed by atoms with Crippen molar-refractivity contribution in [1.82, 2.24) is 5.32 Å². The number of nitrogens with one attached hydrogen (secondary N) is 2. The van der Waals surface area contributed by atoms with Crippen molar-refractivity contribution in [3.05, 3.63) is 23.8 Å². The van der Waals surface area contributed by atoms with Crippen LogP contribution in [0.15, 0.2) is 18.2 Å². The molecule has 0 radical (unpaired) electrons. The highest BCUT2D eigenvalue weighted by atomic mass is 16.5. The fourth-order valence-corrected chi connectivity index (χ4v) is 1.94. The van der Waals surface area contributed by atoms with E-state index < -0.39 is 5.92 Å². The lowest BCUT2D eigenvalue weighted by Gasteiger charge is -2.13. The number of methoxy groups -OCH3 is 1. The number of amides is 2. The van der Waals surface area contributed by atoms with E-state index in [2.05, 4.69) is 10.6 Å². The van der Waals surface area contributed by atoms with Crippen LogP contribution in [0.2, 0.25) is 0 Å². The molecule has 1 aliphatic heterocycles. The summed E-state index contributed by atoms with van der Waals surface area (Å²) in [6.07, 6.45) is 0.170. The number of benzene rings is 1. The van der Waals surface area contributed by atoms with E-state index in [4.69, 9.17) is 10.00 Å². The maximum absolute atomic E-state index is 12.0. The molecule has 0 bridgehead atoms. The molecule has 0 spiro atoms. The average molecular weight is 259 g/mol. The Morgan fingerprint density at radius 2 is 2.37 bits per heavy atom. The number of para-hydroxylation sites is 1. The molecule has 1 atom stereocenters. The lowest BCUT2D eigenvalue weighted by Crippen LogP contribution is -2.25. The molecule has 1 saturated heterocycles. The van der Waals surface area contributed by atoms with E-state index in [1.165, 1.54) is 7.11 Å². The van der Waals surface area contributed by atoms with Gasteiger partial charge in [0, 0.05) is 13.0 Å². The molecule has 1 unspecified atom stereocenters. The molecule has 19 heavy (non-hydrogen) atoms. The van der Waals surface area contributed by atoms with Gasteiger partial charge in [-0.05, 0) is 12.1 Å². The van der Waals surface area contributed by atoms with Crippen LogP contribution in [-0.4, -0.2) is 25.5 Å². The van der Waals surface area contributed by atoms with Crippen LogP contribution in [-0.2, 0) is 9.59 Å². The smallest absolute Gasteiger partial charge is 0.229 e. The molecule has 2 amide bonds. The second-order valence-corrected chi connectivity index (χ2v) is 4.19. The van der Waals surface area contributed by atoms with Gasteiger partial charge in [0.1, 0.15) is 17.5 Å². The van der Waals surface area contributed by atoms with Gasteiger partial charge in [-0.15, -0.1) is 0 Å². The number of nitriles is 1. The Labute approximate surface area is 110 Å². The molecule has 1 aromatic carbocycles. The quantitative estimate of drug-likeness (QED) is 0.833. The van der Waals surface area contributed by atoms with E-state index in [9.17, 15) is 9.59 Å². The topological polar surface area (TPSA) is 91.2 Å². The van der Waals surface area contributed by atoms with Crippen molar-refractivity contribution < 1.29 is 14.3 Å². The molecule has 1 aromatic rings. The highest BCUT2D eigenvalue weighted by molar-refractivity contribution is 5.99. The lowest BCUT2D eigenvalue weighted by atomic mass is 10.1. The van der Waals surface area contributed by atoms with Crippen molar-refractivity contribution in [3.8, 4) is 11.8 Å². The van der Waals surface area contributed by atoms with Crippen LogP contribution in [0.3, 0.4) is 0 Å². The van der Waals surface area contributed by atoms with E-state index >= 15 is 0 Å². The number of carbonyl (C=O) groups is 2. The Morgan fingerprint density at radius 3 is 2.95 bits per heavy atom. The van der Waals surface area contributed by atoms with Crippen LogP contribution in [0.1, 0.15) is 12.0 Å². The summed E-state index contributed by atoms with van der Waals surface area (Å²) < 4.78 is 5.12. The van der Waals surface area contributed by atoms with Gasteiger partial charge in [0.15, 0.2) is 0 Å². The van der Waals surface area contributed by atoms with Gasteiger partial charge in [-0.25, -0.2) is 0 Å². The highest BCUT2D eigenvalue weighted by Crippen LogP contribution is 2.28. The van der Waals surface area contributed by atoms with E-state index in [1.54, 1.807) is 18.2 Å². The van der Waals surface area contributed by atoms with Crippen molar-refractivity contribution in [2.75, 3.05) is 19.0 Å². The SMILES string of the molecule is COc1cccc(C#N)c1NC(=O)C1CNC(=O)C1. The molecule has 1 fully saturated rings. The minimum atomic E-state index is -0.413. The summed E-state index contributed by atoms with van der Waals surface area (Å²) in [5, 5.41) is 14.3. The molecule has 98 valence electrons. The van der Waals surface area contributed by atoms with E-state index in [-0.39, 0.29) is 18.2 Å². The fraction of sp³-hybridized carbons (Fsp3) is 0.308. The largest absolute Gasteiger partial charge is 0.495 e. The molecule has 0 aliphatic carbocycles. The van der Waals surface area contributed by atoms with Gasteiger partial charge in [0.05, 0.1) is 18.6 Å². The summed E-state index contributed by atoms with van der Waals surface area (Å²) in [5.41, 5.74) is 0.668. The minimum Gasteiger partial charge on any atom is -0.495 e. The Hall–Kier alpha value is -2.55. The van der Waals surface area contributed by atoms with E-state index in [0.717, 1.165) is 0 Å². The van der Waals surface area contributed by atoms with Crippen molar-refractivity contribution in [2.45, 2.75) is 6.42 Å². The number of rotatable bonds is 3. The van der Waals surface area contributed by atoms with Gasteiger partial charge in [-0.1, -0.05) is 6.07 Å². The van der Waals surface area contributed by atoms with Gasteiger partial charge in [-0.2, -0.15) is 5.26 Å². The fourth-order valence-electron chi connectivity index (χ4n) is 1.94. The first-order valence-corrected chi connectivity index (χ1v) is 5.80. The van der Waals surface area contributed by atoms with Crippen molar-refractivity contribution >= 4 is 17.5 Å². The van der Waals surface area contributed by atoms with E-state index in [0.29, 0.717) is 23.5 Å². The predicted octanol–water partition coefficient (Wildman–Crippen LogP) is 0.641. The number of ether oxygens (including phenoxy) is 1. The third kappa shape index (κ3) is 2.65. The maximum Gasteiger partial charge on any atom is 0.229 e. The summed E-state index contributed by atoms with van der Waals surface area (Å²) in [5.74, 6) is -0.423. The molecule has 1 aliphatic rings. The zero-order valence-electron chi connectivity index (χ0n) is 10.4. The second kappa shape index (κ2) is 5.40. The van der Waals surface area contributed by atoms with Gasteiger partial charge in [-0.3, -0.25) is 9.59 Å². The number of hydrogen-bond donors (Lipinski definition) is 2. The zero-order valence-corrected chi connectivity index (χ0v) is 10.4. The van der Waals surface area contributed by atoms with Crippen LogP contribution < -0.4 is 15.4 Å². The molecule has 2 N–H and O–H groups in total. The van der Waals surface area contributed by atoms with Crippen LogP contribution in [0.4, 0.5) is 5.69 Å². The summed E-state index contributed by atoms with van der Waals surface area (Å²) in [4.78, 5) is 23.1. The molecule has 6 nitrogen and oxygen atoms in total. The Morgan fingerprint density at radius 1 is 1.58 bits per heavy atom. The van der Waals surface area contributed by atoms with Crippen LogP contribution in [0.5, 0.6) is 5.75 Å². The molecule has 0 aromatic heterocycles. The van der Waals surface area contributed by atoms with Gasteiger partial charge < -0.3 is 15.4 Å². The Bertz CT molecular complexity index is 563. The second-order valence-electron chi connectivity index (χ2n) is 4.19. The normalized spacial score (nSPS) is 17.5. The van der Waals surface area contributed by atoms with Gasteiger partial charge >= 0.3 is 0 Å². The Balaban J connectivity index is 2.21. The standard InChI is InChI=1S/C13H13N3O3/c1-19-10-4-2-3-8(6-14)12(10)16-13(18)9-5-11(17)15-7-9/h2-4,9H,5,7H2,1H3,(H,15,17)(H,16,18). The van der Waals surface area contributed by atoms with Gasteiger partial charge in [0.25, 0.3) is 0 Å². The van der Waals surface area contributed by atoms with Crippen LogP contribution in [0.25, 0.3) is 0 Å². The minimum absolute atomic E-state index is 0.138. The maximum atomic E-state index is 12.0. The first-order valence-electron chi connectivity index (χ1n) is 5.80. The third-order valence-electron chi connectivity index (χ3n) is 2.96. The molecule has 2 rings (SSSR count). The van der Waals surface area contributed by atoms with Gasteiger partial charge in [0.2, 0.25) is 11.8 Å². The monoisotopic (exact) mass is 259 g/mol. The summed E-state index contributed by atoms with van der Waals surface area (Å²) in [6, 6.07) is 6.93. The third-order valence-corrected chi connectivity index (χ3v) is 2.96. The Kier molecular flexibility index (Phi) is 3.66. The van der Waals surface area contributed by atoms with Crippen molar-refractivity contribution in [3.63, 3.8) is 0 Å². The summed E-state index contributed by atoms with van der Waals surface area (Å²) in [6.45, 7) is 0.321. The molecular weight excluding hydrogens is 246 g/mol. The first kappa shape index (κ1) is 12.9. The highest BCUT2D eigenvalue weighted by Gasteiger charge is 2.28. The predicted molar refractivity (Wildman–Crippen MR) is 67.5 cm³/mol. The number of carbonyl (C=O) groups excluding carboxylic acids is 2. The number of anilines is 1. The van der Waals surface area contributed by atoms with E-state index in [1.807, 2.05) is 6.07 Å². The van der Waals surface area contributed by atoms with Crippen LogP contribution in [0, 0.1) is 17.2 Å². The molecule has 6 heteroatoms. The van der Waals surface area contributed by atoms with Crippen molar-refractivity contribution in [1.29, 1.82) is 5.26 Å². The van der Waals surface area contributed by atoms with Crippen molar-refractivity contribution in [2.24, 2.45) is 5.92 Å². The van der Waals surface area contributed by atoms with Crippen LogP contribution >= 0.6 is 0 Å². The average Bonchev–Trinajstić information content (AvgIpc) is 2.85. The summed E-state index contributed by atoms with van der Waals surface area (Å²) in [7, 11) is 1.47. The number of hydrogen-bond acceptors (Lipinski definition) is 4. The lowest BCUT2D eigenvalue weighted by molar-refractivity contribution is -0.123. The number of nitrogens with zero attached hydrogens (tertiary/aromatic N) is 1. The molecular formula is C13H13N3O3. The molecule has 1 heterocycles. The zero-order chi connectivity index (χ0) is 13.8. The summed E-state index contributed by atoms with van der Waals surface area (Å²) >= 11 is 0. The first-order chi connectivity index (χ1) is 9.15. The molecule has 0 saturated carbocycles.